The molecule has 0 bridgehead atoms. The van der Waals surface area contributed by atoms with Gasteiger partial charge in [0.05, 0.1) is 6.54 Å². The molecule has 0 aliphatic carbocycles. The van der Waals surface area contributed by atoms with Crippen LogP contribution in [0.4, 0.5) is 0 Å². The zero-order valence-corrected chi connectivity index (χ0v) is 12.1. The second-order valence-electron chi connectivity index (χ2n) is 4.73. The molecule has 0 aliphatic heterocycles. The summed E-state index contributed by atoms with van der Waals surface area (Å²) >= 11 is 0. The first-order valence-corrected chi connectivity index (χ1v) is 6.71. The minimum Gasteiger partial charge on any atom is -0.492 e. The van der Waals surface area contributed by atoms with Crippen molar-refractivity contribution < 1.29 is 9.53 Å². The van der Waals surface area contributed by atoms with Crippen molar-refractivity contribution in [1.82, 2.24) is 9.88 Å². The number of pyridine rings is 1. The maximum Gasteiger partial charge on any atom is 0.268 e. The summed E-state index contributed by atoms with van der Waals surface area (Å²) in [6.07, 6.45) is 0. The number of amides is 1. The summed E-state index contributed by atoms with van der Waals surface area (Å²) in [6.45, 7) is 2.73. The van der Waals surface area contributed by atoms with E-state index in [0.29, 0.717) is 18.8 Å². The zero-order valence-electron chi connectivity index (χ0n) is 12.1. The molecule has 0 atom stereocenters. The molecule has 1 heterocycles. The molecule has 0 spiro atoms. The number of carbonyl (C=O) groups is 1. The highest BCUT2D eigenvalue weighted by Crippen LogP contribution is 2.11. The van der Waals surface area contributed by atoms with Crippen LogP contribution in [0.5, 0.6) is 5.75 Å². The second kappa shape index (κ2) is 6.74. The van der Waals surface area contributed by atoms with Crippen molar-refractivity contribution in [3.8, 4) is 5.75 Å². The highest BCUT2D eigenvalue weighted by Gasteiger charge is 2.08. The fraction of sp³-hybridized carbons (Fsp3) is 0.250. The second-order valence-corrected chi connectivity index (χ2v) is 4.73. The van der Waals surface area contributed by atoms with Crippen LogP contribution < -0.4 is 15.6 Å². The molecule has 5 heteroatoms. The summed E-state index contributed by atoms with van der Waals surface area (Å²) in [4.78, 5) is 23.4. The van der Waals surface area contributed by atoms with Crippen molar-refractivity contribution in [2.75, 3.05) is 13.2 Å². The Kier molecular flexibility index (Phi) is 4.77. The summed E-state index contributed by atoms with van der Waals surface area (Å²) in [7, 11) is 1.57. The van der Waals surface area contributed by atoms with Gasteiger partial charge in [-0.05, 0) is 30.7 Å². The first kappa shape index (κ1) is 14.8. The molecule has 21 heavy (non-hydrogen) atoms. The lowest BCUT2D eigenvalue weighted by Crippen LogP contribution is -2.32. The lowest BCUT2D eigenvalue weighted by Gasteiger charge is -2.10. The van der Waals surface area contributed by atoms with E-state index in [4.69, 9.17) is 4.74 Å². The molecule has 1 N–H and O–H groups in total. The Morgan fingerprint density at radius 1 is 1.24 bits per heavy atom. The predicted octanol–water partition coefficient (Wildman–Crippen LogP) is 1.50. The van der Waals surface area contributed by atoms with Crippen molar-refractivity contribution in [3.63, 3.8) is 0 Å². The van der Waals surface area contributed by atoms with Gasteiger partial charge in [0.15, 0.2) is 0 Å². The van der Waals surface area contributed by atoms with E-state index in [9.17, 15) is 9.59 Å². The van der Waals surface area contributed by atoms with Crippen LogP contribution in [-0.2, 0) is 7.05 Å². The molecule has 0 unspecified atom stereocenters. The van der Waals surface area contributed by atoms with E-state index in [1.165, 1.54) is 10.6 Å². The maximum atomic E-state index is 12.0. The Bertz CT molecular complexity index is 692. The summed E-state index contributed by atoms with van der Waals surface area (Å²) in [6, 6.07) is 12.3. The third-order valence-corrected chi connectivity index (χ3v) is 3.06. The van der Waals surface area contributed by atoms with Crippen LogP contribution in [0.2, 0.25) is 0 Å². The van der Waals surface area contributed by atoms with Gasteiger partial charge in [-0.3, -0.25) is 9.59 Å². The average molecular weight is 286 g/mol. The van der Waals surface area contributed by atoms with Gasteiger partial charge in [0, 0.05) is 13.1 Å². The van der Waals surface area contributed by atoms with E-state index in [1.54, 1.807) is 19.2 Å². The minimum absolute atomic E-state index is 0.210. The van der Waals surface area contributed by atoms with Crippen LogP contribution in [0, 0.1) is 6.92 Å². The number of rotatable bonds is 5. The fourth-order valence-corrected chi connectivity index (χ4v) is 1.92. The van der Waals surface area contributed by atoms with E-state index >= 15 is 0 Å². The van der Waals surface area contributed by atoms with E-state index in [-0.39, 0.29) is 11.5 Å². The Morgan fingerprint density at radius 2 is 2.00 bits per heavy atom. The predicted molar refractivity (Wildman–Crippen MR) is 80.7 cm³/mol. The highest BCUT2D eigenvalue weighted by atomic mass is 16.5. The van der Waals surface area contributed by atoms with Gasteiger partial charge in [0.2, 0.25) is 0 Å². The molecular weight excluding hydrogens is 268 g/mol. The normalized spacial score (nSPS) is 10.2. The monoisotopic (exact) mass is 286 g/mol. The number of carbonyl (C=O) groups excluding carboxylic acids is 1. The quantitative estimate of drug-likeness (QED) is 0.847. The van der Waals surface area contributed by atoms with Crippen LogP contribution >= 0.6 is 0 Å². The number of nitrogens with zero attached hydrogens (tertiary/aromatic N) is 1. The SMILES string of the molecule is Cc1cccc(OCCNC(=O)c2cccc(=O)n2C)c1. The van der Waals surface area contributed by atoms with Gasteiger partial charge in [-0.2, -0.15) is 0 Å². The van der Waals surface area contributed by atoms with Gasteiger partial charge in [0.25, 0.3) is 11.5 Å². The third-order valence-electron chi connectivity index (χ3n) is 3.06. The van der Waals surface area contributed by atoms with E-state index in [1.807, 2.05) is 31.2 Å². The Hall–Kier alpha value is -2.56. The van der Waals surface area contributed by atoms with Crippen molar-refractivity contribution in [1.29, 1.82) is 0 Å². The van der Waals surface area contributed by atoms with Gasteiger partial charge in [0.1, 0.15) is 18.1 Å². The average Bonchev–Trinajstić information content (AvgIpc) is 2.46. The number of hydrogen-bond acceptors (Lipinski definition) is 3. The van der Waals surface area contributed by atoms with Gasteiger partial charge < -0.3 is 14.6 Å². The summed E-state index contributed by atoms with van der Waals surface area (Å²) in [5.74, 6) is 0.486. The zero-order chi connectivity index (χ0) is 15.2. The lowest BCUT2D eigenvalue weighted by atomic mass is 10.2. The number of nitrogens with one attached hydrogen (secondary N) is 1. The van der Waals surface area contributed by atoms with Crippen LogP contribution in [0.15, 0.2) is 47.3 Å². The van der Waals surface area contributed by atoms with Gasteiger partial charge >= 0.3 is 0 Å². The number of hydrogen-bond donors (Lipinski definition) is 1. The Balaban J connectivity index is 1.85. The van der Waals surface area contributed by atoms with Gasteiger partial charge in [-0.1, -0.05) is 18.2 Å². The topological polar surface area (TPSA) is 60.3 Å². The molecule has 0 radical (unpaired) electrons. The molecule has 5 nitrogen and oxygen atoms in total. The molecule has 2 rings (SSSR count). The molecular formula is C16H18N2O3. The van der Waals surface area contributed by atoms with Crippen LogP contribution in [0.3, 0.4) is 0 Å². The summed E-state index contributed by atoms with van der Waals surface area (Å²) in [5.41, 5.74) is 1.24. The van der Waals surface area contributed by atoms with E-state index in [2.05, 4.69) is 5.32 Å². The van der Waals surface area contributed by atoms with Crippen LogP contribution in [0.25, 0.3) is 0 Å². The summed E-state index contributed by atoms with van der Waals surface area (Å²) < 4.78 is 6.86. The first-order chi connectivity index (χ1) is 10.1. The highest BCUT2D eigenvalue weighted by molar-refractivity contribution is 5.92. The number of ether oxygens (including phenoxy) is 1. The number of aryl methyl sites for hydroxylation is 1. The van der Waals surface area contributed by atoms with Crippen molar-refractivity contribution >= 4 is 5.91 Å². The molecule has 0 fully saturated rings. The van der Waals surface area contributed by atoms with E-state index < -0.39 is 0 Å². The smallest absolute Gasteiger partial charge is 0.268 e. The minimum atomic E-state index is -0.289. The van der Waals surface area contributed by atoms with Crippen molar-refractivity contribution in [2.24, 2.45) is 7.05 Å². The molecule has 1 aromatic carbocycles. The molecule has 1 aromatic heterocycles. The number of benzene rings is 1. The molecule has 0 aliphatic rings. The molecule has 0 saturated carbocycles. The van der Waals surface area contributed by atoms with Crippen LogP contribution in [-0.4, -0.2) is 23.6 Å². The molecule has 110 valence electrons. The fourth-order valence-electron chi connectivity index (χ4n) is 1.92. The summed E-state index contributed by atoms with van der Waals surface area (Å²) in [5, 5.41) is 2.73. The van der Waals surface area contributed by atoms with Gasteiger partial charge in [-0.25, -0.2) is 0 Å². The first-order valence-electron chi connectivity index (χ1n) is 6.71. The molecule has 0 saturated heterocycles. The van der Waals surface area contributed by atoms with Crippen molar-refractivity contribution in [3.05, 3.63) is 64.1 Å². The lowest BCUT2D eigenvalue weighted by molar-refractivity contribution is 0.0937. The van der Waals surface area contributed by atoms with E-state index in [0.717, 1.165) is 11.3 Å². The van der Waals surface area contributed by atoms with Gasteiger partial charge in [-0.15, -0.1) is 0 Å². The van der Waals surface area contributed by atoms with Crippen molar-refractivity contribution in [2.45, 2.75) is 6.92 Å². The third kappa shape index (κ3) is 3.95. The number of aromatic nitrogens is 1. The largest absolute Gasteiger partial charge is 0.492 e. The molecule has 2 aromatic rings. The molecule has 1 amide bonds. The Morgan fingerprint density at radius 3 is 2.76 bits per heavy atom. The standard InChI is InChI=1S/C16H18N2O3/c1-12-5-3-6-13(11-12)21-10-9-17-16(20)14-7-4-8-15(19)18(14)2/h3-8,11H,9-10H2,1-2H3,(H,17,20). The maximum absolute atomic E-state index is 12.0. The Labute approximate surface area is 123 Å². The van der Waals surface area contributed by atoms with Crippen LogP contribution in [0.1, 0.15) is 16.1 Å².